The van der Waals surface area contributed by atoms with Crippen LogP contribution < -0.4 is 5.73 Å². The van der Waals surface area contributed by atoms with Gasteiger partial charge in [0.1, 0.15) is 11.6 Å². The summed E-state index contributed by atoms with van der Waals surface area (Å²) in [4.78, 5) is 0. The number of aromatic amines is 1. The zero-order chi connectivity index (χ0) is 11.0. The molecule has 15 heavy (non-hydrogen) atoms. The molecule has 3 nitrogen and oxygen atoms in total. The van der Waals surface area contributed by atoms with Crippen LogP contribution in [-0.4, -0.2) is 10.2 Å². The highest BCUT2D eigenvalue weighted by molar-refractivity contribution is 9.10. The van der Waals surface area contributed by atoms with Crippen LogP contribution >= 0.6 is 15.9 Å². The number of H-pyrrole nitrogens is 1. The van der Waals surface area contributed by atoms with Crippen molar-refractivity contribution in [2.75, 3.05) is 5.73 Å². The number of anilines is 1. The summed E-state index contributed by atoms with van der Waals surface area (Å²) in [7, 11) is 0. The lowest BCUT2D eigenvalue weighted by molar-refractivity contribution is 0.621. The summed E-state index contributed by atoms with van der Waals surface area (Å²) >= 11 is 3.21. The van der Waals surface area contributed by atoms with Gasteiger partial charge in [-0.1, -0.05) is 6.07 Å². The average Bonchev–Trinajstić information content (AvgIpc) is 2.59. The molecule has 0 aliphatic carbocycles. The minimum absolute atomic E-state index is 0.302. The fourth-order valence-corrected chi connectivity index (χ4v) is 2.10. The van der Waals surface area contributed by atoms with E-state index in [-0.39, 0.29) is 5.82 Å². The number of nitrogen functional groups attached to an aromatic ring is 1. The molecule has 2 rings (SSSR count). The van der Waals surface area contributed by atoms with Crippen molar-refractivity contribution in [3.63, 3.8) is 0 Å². The first-order valence-corrected chi connectivity index (χ1v) is 5.14. The van der Waals surface area contributed by atoms with Gasteiger partial charge < -0.3 is 5.73 Å². The molecule has 2 aromatic rings. The van der Waals surface area contributed by atoms with Crippen molar-refractivity contribution >= 4 is 21.7 Å². The molecule has 5 heteroatoms. The summed E-state index contributed by atoms with van der Waals surface area (Å²) < 4.78 is 13.8. The van der Waals surface area contributed by atoms with Gasteiger partial charge in [0.15, 0.2) is 0 Å². The topological polar surface area (TPSA) is 54.7 Å². The first-order valence-electron chi connectivity index (χ1n) is 4.35. The van der Waals surface area contributed by atoms with Crippen molar-refractivity contribution in [1.29, 1.82) is 0 Å². The van der Waals surface area contributed by atoms with Crippen LogP contribution in [0.2, 0.25) is 0 Å². The van der Waals surface area contributed by atoms with Gasteiger partial charge in [0.25, 0.3) is 0 Å². The van der Waals surface area contributed by atoms with Crippen molar-refractivity contribution in [2.24, 2.45) is 0 Å². The standard InChI is InChI=1S/C10H9BrFN3/c1-5-2-3-6(12)10(11)9(5)7-4-8(13)15-14-7/h2-4H,1H3,(H3,13,14,15). The van der Waals surface area contributed by atoms with Crippen molar-refractivity contribution in [3.8, 4) is 11.3 Å². The molecule has 0 radical (unpaired) electrons. The highest BCUT2D eigenvalue weighted by atomic mass is 79.9. The molecule has 3 N–H and O–H groups in total. The largest absolute Gasteiger partial charge is 0.382 e. The number of benzene rings is 1. The molecule has 0 fully saturated rings. The lowest BCUT2D eigenvalue weighted by Gasteiger charge is -2.06. The Labute approximate surface area is 94.6 Å². The van der Waals surface area contributed by atoms with Gasteiger partial charge in [0, 0.05) is 11.6 Å². The molecule has 0 aliphatic rings. The van der Waals surface area contributed by atoms with Gasteiger partial charge in [-0.3, -0.25) is 5.10 Å². The second-order valence-corrected chi connectivity index (χ2v) is 4.05. The van der Waals surface area contributed by atoms with Gasteiger partial charge >= 0.3 is 0 Å². The lowest BCUT2D eigenvalue weighted by Crippen LogP contribution is -1.89. The van der Waals surface area contributed by atoms with E-state index < -0.39 is 0 Å². The smallest absolute Gasteiger partial charge is 0.145 e. The van der Waals surface area contributed by atoms with Gasteiger partial charge in [0.05, 0.1) is 10.2 Å². The number of nitrogens with one attached hydrogen (secondary N) is 1. The van der Waals surface area contributed by atoms with Gasteiger partial charge in [-0.15, -0.1) is 0 Å². The van der Waals surface area contributed by atoms with E-state index in [2.05, 4.69) is 26.1 Å². The number of hydrogen-bond acceptors (Lipinski definition) is 2. The van der Waals surface area contributed by atoms with E-state index in [1.165, 1.54) is 6.07 Å². The first-order chi connectivity index (χ1) is 7.09. The molecule has 0 aliphatic heterocycles. The zero-order valence-corrected chi connectivity index (χ0v) is 9.60. The number of aryl methyl sites for hydroxylation is 1. The first kappa shape index (κ1) is 10.2. The fourth-order valence-electron chi connectivity index (χ4n) is 1.44. The minimum Gasteiger partial charge on any atom is -0.382 e. The Hall–Kier alpha value is -1.36. The van der Waals surface area contributed by atoms with Gasteiger partial charge in [0.2, 0.25) is 0 Å². The molecule has 1 heterocycles. The number of hydrogen-bond donors (Lipinski definition) is 2. The predicted molar refractivity (Wildman–Crippen MR) is 60.8 cm³/mol. The Bertz CT molecular complexity index is 507. The molecule has 0 saturated heterocycles. The molecule has 0 bridgehead atoms. The summed E-state index contributed by atoms with van der Waals surface area (Å²) in [6.45, 7) is 1.90. The number of nitrogens with two attached hydrogens (primary N) is 1. The second kappa shape index (κ2) is 3.66. The van der Waals surface area contributed by atoms with Crippen molar-refractivity contribution < 1.29 is 4.39 Å². The van der Waals surface area contributed by atoms with Gasteiger partial charge in [-0.2, -0.15) is 5.10 Å². The van der Waals surface area contributed by atoms with Crippen molar-refractivity contribution in [2.45, 2.75) is 6.92 Å². The van der Waals surface area contributed by atoms with E-state index in [1.807, 2.05) is 6.92 Å². The molecule has 0 atom stereocenters. The number of rotatable bonds is 1. The predicted octanol–water partition coefficient (Wildman–Crippen LogP) is 2.87. The summed E-state index contributed by atoms with van der Waals surface area (Å²) in [6.07, 6.45) is 0. The molecule has 0 amide bonds. The normalized spacial score (nSPS) is 10.6. The molecular formula is C10H9BrFN3. The number of aromatic nitrogens is 2. The highest BCUT2D eigenvalue weighted by Gasteiger charge is 2.12. The maximum atomic E-state index is 13.3. The van der Waals surface area contributed by atoms with Crippen LogP contribution in [0.15, 0.2) is 22.7 Å². The van der Waals surface area contributed by atoms with E-state index in [9.17, 15) is 4.39 Å². The third kappa shape index (κ3) is 1.74. The molecule has 1 aromatic heterocycles. The van der Waals surface area contributed by atoms with E-state index in [0.717, 1.165) is 11.1 Å². The summed E-state index contributed by atoms with van der Waals surface area (Å²) in [5, 5.41) is 6.57. The maximum Gasteiger partial charge on any atom is 0.145 e. The lowest BCUT2D eigenvalue weighted by atomic mass is 10.1. The van der Waals surface area contributed by atoms with Crippen LogP contribution in [0.5, 0.6) is 0 Å². The van der Waals surface area contributed by atoms with Crippen molar-refractivity contribution in [1.82, 2.24) is 10.2 Å². The third-order valence-electron chi connectivity index (χ3n) is 2.17. The molecule has 0 spiro atoms. The Morgan fingerprint density at radius 2 is 2.20 bits per heavy atom. The van der Waals surface area contributed by atoms with Crippen LogP contribution in [0.1, 0.15) is 5.56 Å². The number of halogens is 2. The monoisotopic (exact) mass is 269 g/mol. The van der Waals surface area contributed by atoms with E-state index in [1.54, 1.807) is 12.1 Å². The summed E-state index contributed by atoms with van der Waals surface area (Å²) in [5.41, 5.74) is 7.91. The van der Waals surface area contributed by atoms with Crippen LogP contribution in [0.4, 0.5) is 10.2 Å². The molecule has 0 unspecified atom stereocenters. The average molecular weight is 270 g/mol. The van der Waals surface area contributed by atoms with E-state index in [0.29, 0.717) is 16.0 Å². The Balaban J connectivity index is 2.66. The van der Waals surface area contributed by atoms with Gasteiger partial charge in [-0.25, -0.2) is 4.39 Å². The van der Waals surface area contributed by atoms with Crippen molar-refractivity contribution in [3.05, 3.63) is 34.1 Å². The molecule has 78 valence electrons. The molecular weight excluding hydrogens is 261 g/mol. The Morgan fingerprint density at radius 3 is 2.80 bits per heavy atom. The maximum absolute atomic E-state index is 13.3. The van der Waals surface area contributed by atoms with Crippen LogP contribution in [0.3, 0.4) is 0 Å². The zero-order valence-electron chi connectivity index (χ0n) is 8.01. The third-order valence-corrected chi connectivity index (χ3v) is 2.95. The minimum atomic E-state index is -0.302. The fraction of sp³-hybridized carbons (Fsp3) is 0.100. The van der Waals surface area contributed by atoms with Gasteiger partial charge in [-0.05, 0) is 34.5 Å². The SMILES string of the molecule is Cc1ccc(F)c(Br)c1-c1cc(N)n[nH]1. The second-order valence-electron chi connectivity index (χ2n) is 3.26. The summed E-state index contributed by atoms with van der Waals surface area (Å²) in [6, 6.07) is 4.81. The quantitative estimate of drug-likeness (QED) is 0.837. The van der Waals surface area contributed by atoms with E-state index >= 15 is 0 Å². The summed E-state index contributed by atoms with van der Waals surface area (Å²) in [5.74, 6) is 0.0873. The van der Waals surface area contributed by atoms with Crippen LogP contribution in [0.25, 0.3) is 11.3 Å². The van der Waals surface area contributed by atoms with Crippen LogP contribution in [-0.2, 0) is 0 Å². The van der Waals surface area contributed by atoms with Crippen LogP contribution in [0, 0.1) is 12.7 Å². The number of nitrogens with zero attached hydrogens (tertiary/aromatic N) is 1. The Kier molecular flexibility index (Phi) is 2.48. The Morgan fingerprint density at radius 1 is 1.47 bits per heavy atom. The molecule has 0 saturated carbocycles. The molecule has 1 aromatic carbocycles. The van der Waals surface area contributed by atoms with E-state index in [4.69, 9.17) is 5.73 Å². The highest BCUT2D eigenvalue weighted by Crippen LogP contribution is 2.32.